The van der Waals surface area contributed by atoms with Gasteiger partial charge in [-0.15, -0.1) is 0 Å². The molecular weight excluding hydrogens is 595 g/mol. The van der Waals surface area contributed by atoms with Gasteiger partial charge in [0.1, 0.15) is 17.5 Å². The number of nitrogens with zero attached hydrogens (tertiary/aromatic N) is 2. The minimum atomic E-state index is -0.782. The van der Waals surface area contributed by atoms with Crippen molar-refractivity contribution in [3.63, 3.8) is 0 Å². The van der Waals surface area contributed by atoms with Gasteiger partial charge in [0.2, 0.25) is 17.7 Å². The number of aryl methyl sites for hydroxylation is 1. The predicted octanol–water partition coefficient (Wildman–Crippen LogP) is 5.81. The fraction of sp³-hybridized carbons (Fsp3) is 0.176. The van der Waals surface area contributed by atoms with E-state index in [1.807, 2.05) is 85.8 Å². The summed E-state index contributed by atoms with van der Waals surface area (Å²) in [6, 6.07) is 28.1. The van der Waals surface area contributed by atoms with Crippen molar-refractivity contribution in [2.45, 2.75) is 29.7 Å². The third-order valence-corrected chi connectivity index (χ3v) is 10.8. The monoisotopic (exact) mass is 621 g/mol. The van der Waals surface area contributed by atoms with Crippen LogP contribution in [0.15, 0.2) is 101 Å². The topological polar surface area (TPSA) is 97.7 Å². The van der Waals surface area contributed by atoms with E-state index in [4.69, 9.17) is 4.74 Å². The van der Waals surface area contributed by atoms with Crippen LogP contribution in [0.25, 0.3) is 10.8 Å². The molecule has 3 atom stereocenters. The van der Waals surface area contributed by atoms with Gasteiger partial charge < -0.3 is 10.1 Å². The third kappa shape index (κ3) is 4.71. The molecule has 0 bridgehead atoms. The van der Waals surface area contributed by atoms with E-state index < -0.39 is 17.1 Å². The van der Waals surface area contributed by atoms with Crippen LogP contribution in [-0.4, -0.2) is 34.6 Å². The van der Waals surface area contributed by atoms with E-state index in [-0.39, 0.29) is 29.1 Å². The van der Waals surface area contributed by atoms with Crippen molar-refractivity contribution in [3.05, 3.63) is 117 Å². The Balaban J connectivity index is 1.28. The number of carbonyl (C=O) groups excluding carboxylic acids is 3. The van der Waals surface area contributed by atoms with Crippen molar-refractivity contribution >= 4 is 63.0 Å². The Morgan fingerprint density at radius 3 is 2.39 bits per heavy atom. The molecule has 0 spiro atoms. The molecule has 1 N–H and O–H groups in total. The number of thiazole rings is 1. The van der Waals surface area contributed by atoms with Gasteiger partial charge in [-0.05, 0) is 48.0 Å². The Labute approximate surface area is 261 Å². The molecule has 220 valence electrons. The van der Waals surface area contributed by atoms with Crippen LogP contribution in [0.3, 0.4) is 0 Å². The second kappa shape index (κ2) is 11.1. The minimum absolute atomic E-state index is 0.232. The van der Waals surface area contributed by atoms with Crippen molar-refractivity contribution in [1.29, 1.82) is 0 Å². The highest BCUT2D eigenvalue weighted by Gasteiger charge is 2.57. The molecular formula is C34H27N3O5S2. The first-order chi connectivity index (χ1) is 21.3. The van der Waals surface area contributed by atoms with Crippen LogP contribution in [0, 0.1) is 12.8 Å². The first-order valence-corrected chi connectivity index (χ1v) is 15.8. The second-order valence-electron chi connectivity index (χ2n) is 10.9. The van der Waals surface area contributed by atoms with Gasteiger partial charge in [0.15, 0.2) is 0 Å². The fourth-order valence-corrected chi connectivity index (χ4v) is 8.84. The highest BCUT2D eigenvalue weighted by atomic mass is 32.2. The van der Waals surface area contributed by atoms with Crippen molar-refractivity contribution < 1.29 is 19.1 Å². The number of para-hydroxylation sites is 1. The summed E-state index contributed by atoms with van der Waals surface area (Å²) in [7, 11) is 1.56. The molecule has 2 aliphatic heterocycles. The number of nitrogens with one attached hydrogen (secondary N) is 1. The number of benzene rings is 4. The van der Waals surface area contributed by atoms with Crippen LogP contribution in [0.2, 0.25) is 0 Å². The summed E-state index contributed by atoms with van der Waals surface area (Å²) in [6.07, 6.45) is 0. The van der Waals surface area contributed by atoms with Crippen molar-refractivity contribution in [2.24, 2.45) is 5.92 Å². The van der Waals surface area contributed by atoms with E-state index >= 15 is 0 Å². The number of hydrogen-bond donors (Lipinski definition) is 1. The number of ether oxygens (including phenoxy) is 1. The number of fused-ring (bicyclic) bond motifs is 3. The number of rotatable bonds is 6. The quantitative estimate of drug-likeness (QED) is 0.240. The van der Waals surface area contributed by atoms with Gasteiger partial charge in [-0.25, -0.2) is 4.90 Å². The second-order valence-corrected chi connectivity index (χ2v) is 13.0. The van der Waals surface area contributed by atoms with Gasteiger partial charge in [-0.2, -0.15) is 0 Å². The van der Waals surface area contributed by atoms with Crippen LogP contribution >= 0.6 is 23.1 Å². The number of thioether (sulfide) groups is 1. The van der Waals surface area contributed by atoms with Crippen molar-refractivity contribution in [2.75, 3.05) is 17.3 Å². The number of imide groups is 1. The zero-order valence-electron chi connectivity index (χ0n) is 23.9. The summed E-state index contributed by atoms with van der Waals surface area (Å²) >= 11 is 2.20. The van der Waals surface area contributed by atoms with Crippen molar-refractivity contribution in [1.82, 2.24) is 4.57 Å². The molecule has 3 amide bonds. The maximum atomic E-state index is 14.1. The van der Waals surface area contributed by atoms with E-state index in [9.17, 15) is 19.2 Å². The van der Waals surface area contributed by atoms with E-state index in [0.717, 1.165) is 27.7 Å². The van der Waals surface area contributed by atoms with E-state index in [1.54, 1.807) is 19.2 Å². The molecule has 1 aromatic heterocycles. The molecule has 7 rings (SSSR count). The minimum Gasteiger partial charge on any atom is -0.496 e. The summed E-state index contributed by atoms with van der Waals surface area (Å²) in [6.45, 7) is 1.71. The number of hydrogen-bond acceptors (Lipinski definition) is 7. The number of carbonyl (C=O) groups is 3. The molecule has 0 saturated carbocycles. The Morgan fingerprint density at radius 1 is 0.886 bits per heavy atom. The highest BCUT2D eigenvalue weighted by Crippen LogP contribution is 2.55. The molecule has 0 unspecified atom stereocenters. The van der Waals surface area contributed by atoms with E-state index in [2.05, 4.69) is 5.32 Å². The molecule has 0 radical (unpaired) electrons. The van der Waals surface area contributed by atoms with Gasteiger partial charge in [-0.3, -0.25) is 23.7 Å². The lowest BCUT2D eigenvalue weighted by Crippen LogP contribution is -2.33. The summed E-state index contributed by atoms with van der Waals surface area (Å²) in [4.78, 5) is 56.4. The standard InChI is InChI=1S/C34H27N3O5S2/c1-19-11-15-23(16-12-19)37-31(39)28-27(24-9-5-6-10-25(24)42-2)30-33(43-29(28)32(37)40)36(34(41)44-30)18-26(38)35-22-14-13-20-7-3-4-8-21(20)17-22/h3-17,27-29H,18H2,1-2H3,(H,35,38)/t27-,28-,29+/m0/s1. The highest BCUT2D eigenvalue weighted by molar-refractivity contribution is 8.00. The number of aromatic nitrogens is 1. The smallest absolute Gasteiger partial charge is 0.308 e. The van der Waals surface area contributed by atoms with Crippen LogP contribution in [0.5, 0.6) is 5.75 Å². The van der Waals surface area contributed by atoms with Crippen LogP contribution in [-0.2, 0) is 20.9 Å². The van der Waals surface area contributed by atoms with E-state index in [0.29, 0.717) is 32.6 Å². The molecule has 44 heavy (non-hydrogen) atoms. The van der Waals surface area contributed by atoms with Crippen LogP contribution < -0.4 is 19.8 Å². The summed E-state index contributed by atoms with van der Waals surface area (Å²) in [5.41, 5.74) is 2.86. The maximum absolute atomic E-state index is 14.1. The van der Waals surface area contributed by atoms with Gasteiger partial charge in [0.25, 0.3) is 0 Å². The average molecular weight is 622 g/mol. The van der Waals surface area contributed by atoms with Gasteiger partial charge >= 0.3 is 4.87 Å². The van der Waals surface area contributed by atoms with Gasteiger partial charge in [0, 0.05) is 22.0 Å². The number of methoxy groups -OCH3 is 1. The van der Waals surface area contributed by atoms with E-state index in [1.165, 1.54) is 21.2 Å². The van der Waals surface area contributed by atoms with Crippen LogP contribution in [0.1, 0.15) is 21.9 Å². The molecule has 10 heteroatoms. The molecule has 1 fully saturated rings. The third-order valence-electron chi connectivity index (χ3n) is 8.15. The summed E-state index contributed by atoms with van der Waals surface area (Å²) in [5, 5.41) is 4.69. The first kappa shape index (κ1) is 28.1. The molecule has 1 saturated heterocycles. The lowest BCUT2D eigenvalue weighted by molar-refractivity contribution is -0.122. The zero-order valence-corrected chi connectivity index (χ0v) is 25.5. The zero-order chi connectivity index (χ0) is 30.5. The molecule has 3 heterocycles. The lowest BCUT2D eigenvalue weighted by Gasteiger charge is -2.31. The Hall–Kier alpha value is -4.67. The largest absolute Gasteiger partial charge is 0.496 e. The van der Waals surface area contributed by atoms with Gasteiger partial charge in [-0.1, -0.05) is 89.3 Å². The molecule has 0 aliphatic carbocycles. The first-order valence-electron chi connectivity index (χ1n) is 14.1. The van der Waals surface area contributed by atoms with Crippen molar-refractivity contribution in [3.8, 4) is 5.75 Å². The summed E-state index contributed by atoms with van der Waals surface area (Å²) < 4.78 is 7.11. The van der Waals surface area contributed by atoms with Gasteiger partial charge in [0.05, 0.1) is 23.7 Å². The normalized spacial score (nSPS) is 19.1. The average Bonchev–Trinajstić information content (AvgIpc) is 3.47. The predicted molar refractivity (Wildman–Crippen MR) is 173 cm³/mol. The maximum Gasteiger partial charge on any atom is 0.308 e. The fourth-order valence-electron chi connectivity index (χ4n) is 6.07. The Kier molecular flexibility index (Phi) is 7.10. The SMILES string of the molecule is COc1ccccc1[C@@H]1c2sc(=O)n(CC(=O)Nc3ccc4ccccc4c3)c2S[C@H]2C(=O)N(c3ccc(C)cc3)C(=O)[C@@H]12. The number of anilines is 2. The molecule has 5 aromatic rings. The molecule has 4 aromatic carbocycles. The van der Waals surface area contributed by atoms with Crippen LogP contribution in [0.4, 0.5) is 11.4 Å². The molecule has 8 nitrogen and oxygen atoms in total. The Morgan fingerprint density at radius 2 is 1.61 bits per heavy atom. The summed E-state index contributed by atoms with van der Waals surface area (Å²) in [5.74, 6) is -1.83. The Bertz CT molecular complexity index is 2020. The number of amides is 3. The lowest BCUT2D eigenvalue weighted by atomic mass is 9.82. The molecule has 2 aliphatic rings.